The summed E-state index contributed by atoms with van der Waals surface area (Å²) in [7, 11) is 1.83. The Morgan fingerprint density at radius 3 is 2.18 bits per heavy atom. The van der Waals surface area contributed by atoms with Crippen molar-refractivity contribution in [3.8, 4) is 0 Å². The summed E-state index contributed by atoms with van der Waals surface area (Å²) in [6, 6.07) is 0.566. The molecule has 0 spiro atoms. The Morgan fingerprint density at radius 2 is 1.71 bits per heavy atom. The summed E-state index contributed by atoms with van der Waals surface area (Å²) < 4.78 is 5.23. The number of anilines is 1. The Balaban J connectivity index is 1.72. The van der Waals surface area contributed by atoms with Gasteiger partial charge < -0.3 is 9.84 Å². The maximum atomic E-state index is 5.23. The second-order valence-electron chi connectivity index (χ2n) is 6.37. The molecule has 0 aromatic carbocycles. The summed E-state index contributed by atoms with van der Waals surface area (Å²) in [4.78, 5) is 4.53. The minimum Gasteiger partial charge on any atom is -0.341 e. The van der Waals surface area contributed by atoms with E-state index in [4.69, 9.17) is 4.52 Å². The van der Waals surface area contributed by atoms with E-state index >= 15 is 0 Å². The molecule has 0 saturated heterocycles. The van der Waals surface area contributed by atoms with Gasteiger partial charge in [-0.25, -0.2) is 0 Å². The molecule has 5 rings (SSSR count). The molecule has 1 heterocycles. The zero-order chi connectivity index (χ0) is 11.5. The highest BCUT2D eigenvalue weighted by atomic mass is 16.5. The van der Waals surface area contributed by atoms with Crippen molar-refractivity contribution in [2.45, 2.75) is 43.9 Å². The van der Waals surface area contributed by atoms with Crippen LogP contribution in [0, 0.1) is 17.8 Å². The Bertz CT molecular complexity index is 404. The van der Waals surface area contributed by atoms with Crippen molar-refractivity contribution in [2.24, 2.45) is 17.8 Å². The highest BCUT2D eigenvalue weighted by Crippen LogP contribution is 2.60. The maximum absolute atomic E-state index is 5.23. The van der Waals surface area contributed by atoms with Gasteiger partial charge in [0.1, 0.15) is 0 Å². The zero-order valence-electron chi connectivity index (χ0n) is 10.3. The minimum absolute atomic E-state index is 0.257. The van der Waals surface area contributed by atoms with Crippen molar-refractivity contribution in [3.05, 3.63) is 5.82 Å². The number of hydrogen-bond acceptors (Lipinski definition) is 4. The molecule has 4 aliphatic carbocycles. The van der Waals surface area contributed by atoms with E-state index in [2.05, 4.69) is 15.5 Å². The molecule has 4 fully saturated rings. The SMILES string of the molecule is CNc1nc(C23CC4CC(CC(C4)C2)C3)no1. The highest BCUT2D eigenvalue weighted by Gasteiger charge is 2.53. The molecule has 1 aromatic rings. The zero-order valence-corrected chi connectivity index (χ0v) is 10.3. The van der Waals surface area contributed by atoms with Crippen LogP contribution < -0.4 is 5.32 Å². The van der Waals surface area contributed by atoms with E-state index < -0.39 is 0 Å². The van der Waals surface area contributed by atoms with Crippen LogP contribution in [-0.4, -0.2) is 17.2 Å². The fourth-order valence-corrected chi connectivity index (χ4v) is 4.92. The number of rotatable bonds is 2. The van der Waals surface area contributed by atoms with E-state index in [1.165, 1.54) is 38.5 Å². The second-order valence-corrected chi connectivity index (χ2v) is 6.37. The molecule has 4 bridgehead atoms. The molecule has 4 saturated carbocycles. The molecule has 92 valence electrons. The summed E-state index contributed by atoms with van der Waals surface area (Å²) in [5.41, 5.74) is 0.257. The van der Waals surface area contributed by atoms with E-state index in [0.29, 0.717) is 6.01 Å². The third-order valence-electron chi connectivity index (χ3n) is 5.15. The summed E-state index contributed by atoms with van der Waals surface area (Å²) in [5, 5.41) is 7.17. The molecule has 1 aromatic heterocycles. The summed E-state index contributed by atoms with van der Waals surface area (Å²) >= 11 is 0. The van der Waals surface area contributed by atoms with E-state index in [1.807, 2.05) is 7.05 Å². The van der Waals surface area contributed by atoms with Crippen molar-refractivity contribution in [1.82, 2.24) is 10.1 Å². The van der Waals surface area contributed by atoms with Gasteiger partial charge in [-0.2, -0.15) is 4.98 Å². The Labute approximate surface area is 101 Å². The first-order valence-corrected chi connectivity index (χ1v) is 6.79. The van der Waals surface area contributed by atoms with Crippen LogP contribution >= 0.6 is 0 Å². The molecule has 1 N–H and O–H groups in total. The fourth-order valence-electron chi connectivity index (χ4n) is 4.92. The molecule has 4 aliphatic rings. The van der Waals surface area contributed by atoms with Crippen LogP contribution in [0.5, 0.6) is 0 Å². The largest absolute Gasteiger partial charge is 0.341 e. The predicted molar refractivity (Wildman–Crippen MR) is 63.7 cm³/mol. The highest BCUT2D eigenvalue weighted by molar-refractivity contribution is 5.23. The lowest BCUT2D eigenvalue weighted by Crippen LogP contribution is -2.49. The van der Waals surface area contributed by atoms with Gasteiger partial charge >= 0.3 is 6.01 Å². The monoisotopic (exact) mass is 233 g/mol. The number of hydrogen-bond donors (Lipinski definition) is 1. The van der Waals surface area contributed by atoms with Gasteiger partial charge in [0.15, 0.2) is 5.82 Å². The van der Waals surface area contributed by atoms with Crippen molar-refractivity contribution in [1.29, 1.82) is 0 Å². The smallest absolute Gasteiger partial charge is 0.321 e. The Hall–Kier alpha value is -1.06. The van der Waals surface area contributed by atoms with Crippen molar-refractivity contribution < 1.29 is 4.52 Å². The molecular weight excluding hydrogens is 214 g/mol. The molecule has 4 nitrogen and oxygen atoms in total. The molecule has 0 atom stereocenters. The lowest BCUT2D eigenvalue weighted by Gasteiger charge is -2.55. The lowest BCUT2D eigenvalue weighted by molar-refractivity contribution is -0.0103. The van der Waals surface area contributed by atoms with Crippen LogP contribution in [0.15, 0.2) is 4.52 Å². The normalized spacial score (nSPS) is 43.0. The maximum Gasteiger partial charge on any atom is 0.321 e. The van der Waals surface area contributed by atoms with Gasteiger partial charge in [-0.1, -0.05) is 5.16 Å². The van der Waals surface area contributed by atoms with Gasteiger partial charge in [-0.3, -0.25) is 0 Å². The van der Waals surface area contributed by atoms with E-state index in [9.17, 15) is 0 Å². The van der Waals surface area contributed by atoms with Crippen LogP contribution in [0.2, 0.25) is 0 Å². The lowest BCUT2D eigenvalue weighted by atomic mass is 9.49. The van der Waals surface area contributed by atoms with Crippen LogP contribution in [0.4, 0.5) is 6.01 Å². The predicted octanol–water partition coefficient (Wildman–Crippen LogP) is 2.58. The fraction of sp³-hybridized carbons (Fsp3) is 0.846. The quantitative estimate of drug-likeness (QED) is 0.853. The minimum atomic E-state index is 0.257. The van der Waals surface area contributed by atoms with E-state index in [-0.39, 0.29) is 5.41 Å². The molecular formula is C13H19N3O. The molecule has 17 heavy (non-hydrogen) atoms. The van der Waals surface area contributed by atoms with Gasteiger partial charge in [0.25, 0.3) is 0 Å². The topological polar surface area (TPSA) is 51.0 Å². The standard InChI is InChI=1S/C13H19N3O/c1-14-12-15-11(16-17-12)13-5-8-2-9(6-13)4-10(3-8)7-13/h8-10H,2-7H2,1H3,(H,14,15,16). The second kappa shape index (κ2) is 3.24. The number of nitrogens with one attached hydrogen (secondary N) is 1. The first-order valence-electron chi connectivity index (χ1n) is 6.79. The van der Waals surface area contributed by atoms with Gasteiger partial charge in [0.05, 0.1) is 0 Å². The summed E-state index contributed by atoms with van der Waals surface area (Å²) in [6.07, 6.45) is 8.24. The summed E-state index contributed by atoms with van der Waals surface area (Å²) in [5.74, 6) is 3.76. The molecule has 0 amide bonds. The van der Waals surface area contributed by atoms with Crippen LogP contribution in [-0.2, 0) is 5.41 Å². The first kappa shape index (κ1) is 9.92. The van der Waals surface area contributed by atoms with Crippen molar-refractivity contribution in [3.63, 3.8) is 0 Å². The molecule has 0 radical (unpaired) electrons. The van der Waals surface area contributed by atoms with Gasteiger partial charge in [0, 0.05) is 12.5 Å². The van der Waals surface area contributed by atoms with E-state index in [1.54, 1.807) is 0 Å². The summed E-state index contributed by atoms with van der Waals surface area (Å²) in [6.45, 7) is 0. The third-order valence-corrected chi connectivity index (χ3v) is 5.15. The Kier molecular flexibility index (Phi) is 1.89. The van der Waals surface area contributed by atoms with Crippen LogP contribution in [0.3, 0.4) is 0 Å². The number of aromatic nitrogens is 2. The van der Waals surface area contributed by atoms with Crippen molar-refractivity contribution in [2.75, 3.05) is 12.4 Å². The number of nitrogens with zero attached hydrogens (tertiary/aromatic N) is 2. The Morgan fingerprint density at radius 1 is 1.12 bits per heavy atom. The van der Waals surface area contributed by atoms with Crippen LogP contribution in [0.1, 0.15) is 44.3 Å². The molecule has 0 unspecified atom stereocenters. The third kappa shape index (κ3) is 1.36. The van der Waals surface area contributed by atoms with Crippen molar-refractivity contribution >= 4 is 6.01 Å². The average molecular weight is 233 g/mol. The molecule has 4 heteroatoms. The van der Waals surface area contributed by atoms with Gasteiger partial charge in [-0.15, -0.1) is 0 Å². The molecule has 0 aliphatic heterocycles. The van der Waals surface area contributed by atoms with E-state index in [0.717, 1.165) is 23.6 Å². The first-order chi connectivity index (χ1) is 8.27. The van der Waals surface area contributed by atoms with Gasteiger partial charge in [-0.05, 0) is 56.3 Å². The van der Waals surface area contributed by atoms with Gasteiger partial charge in [0.2, 0.25) is 0 Å². The van der Waals surface area contributed by atoms with Crippen LogP contribution in [0.25, 0.3) is 0 Å². The average Bonchev–Trinajstić information content (AvgIpc) is 2.76.